The molecule has 2 aromatic carbocycles. The van der Waals surface area contributed by atoms with E-state index in [9.17, 15) is 4.39 Å². The van der Waals surface area contributed by atoms with E-state index >= 15 is 0 Å². The van der Waals surface area contributed by atoms with E-state index in [0.717, 1.165) is 27.5 Å². The molecular weight excluding hydrogens is 397 g/mol. The molecular formula is C23H24FN5S. The van der Waals surface area contributed by atoms with Crippen LogP contribution in [0.5, 0.6) is 0 Å². The van der Waals surface area contributed by atoms with Crippen LogP contribution in [0, 0.1) is 0 Å². The summed E-state index contributed by atoms with van der Waals surface area (Å²) in [5, 5.41) is 4.28. The number of fused-ring (bicyclic) bond motifs is 1. The highest BCUT2D eigenvalue weighted by Crippen LogP contribution is 2.30. The monoisotopic (exact) mass is 421 g/mol. The Bertz CT molecular complexity index is 1140. The van der Waals surface area contributed by atoms with Crippen molar-refractivity contribution >= 4 is 33.2 Å². The number of nitrogens with zero attached hydrogens (tertiary/aromatic N) is 4. The van der Waals surface area contributed by atoms with Crippen molar-refractivity contribution in [1.29, 1.82) is 0 Å². The summed E-state index contributed by atoms with van der Waals surface area (Å²) in [6, 6.07) is 16.0. The lowest BCUT2D eigenvalue weighted by Gasteiger charge is -2.22. The number of thiazole rings is 1. The van der Waals surface area contributed by atoms with Gasteiger partial charge in [-0.3, -0.25) is 0 Å². The van der Waals surface area contributed by atoms with Gasteiger partial charge in [0.05, 0.1) is 5.01 Å². The molecule has 0 fully saturated rings. The van der Waals surface area contributed by atoms with E-state index in [4.69, 9.17) is 4.98 Å². The predicted octanol–water partition coefficient (Wildman–Crippen LogP) is 5.51. The van der Waals surface area contributed by atoms with Gasteiger partial charge in [0.15, 0.2) is 5.82 Å². The van der Waals surface area contributed by atoms with Crippen LogP contribution < -0.4 is 5.32 Å². The van der Waals surface area contributed by atoms with Gasteiger partial charge in [0, 0.05) is 18.2 Å². The summed E-state index contributed by atoms with van der Waals surface area (Å²) < 4.78 is 12.7. The number of aromatic nitrogens is 3. The number of nitrogens with one attached hydrogen (secondary N) is 1. The summed E-state index contributed by atoms with van der Waals surface area (Å²) in [5.41, 5.74) is 4.81. The Morgan fingerprint density at radius 1 is 1.07 bits per heavy atom. The first-order valence-electron chi connectivity index (χ1n) is 9.81. The van der Waals surface area contributed by atoms with Crippen LogP contribution in [0.15, 0.2) is 54.9 Å². The average Bonchev–Trinajstić information content (AvgIpc) is 3.17. The van der Waals surface area contributed by atoms with Crippen molar-refractivity contribution in [3.8, 4) is 0 Å². The molecule has 2 aromatic heterocycles. The minimum absolute atomic E-state index is 0.319. The van der Waals surface area contributed by atoms with E-state index in [1.165, 1.54) is 11.1 Å². The van der Waals surface area contributed by atoms with Gasteiger partial charge in [-0.1, -0.05) is 47.7 Å². The maximum Gasteiger partial charge on any atom is 0.161 e. The first kappa shape index (κ1) is 20.4. The zero-order chi connectivity index (χ0) is 21.1. The highest BCUT2D eigenvalue weighted by molar-refractivity contribution is 7.18. The number of hydrogen-bond donors (Lipinski definition) is 1. The molecule has 1 N–H and O–H groups in total. The van der Waals surface area contributed by atoms with Gasteiger partial charge in [0.2, 0.25) is 0 Å². The lowest BCUT2D eigenvalue weighted by molar-refractivity contribution is 0.320. The minimum atomic E-state index is -0.471. The molecule has 0 saturated heterocycles. The van der Waals surface area contributed by atoms with Crippen LogP contribution in [0.2, 0.25) is 0 Å². The molecule has 1 unspecified atom stereocenters. The fourth-order valence-corrected chi connectivity index (χ4v) is 4.25. The Kier molecular flexibility index (Phi) is 6.01. The molecule has 0 aliphatic heterocycles. The fraction of sp³-hybridized carbons (Fsp3) is 0.261. The van der Waals surface area contributed by atoms with Crippen molar-refractivity contribution in [2.45, 2.75) is 26.1 Å². The number of halogens is 1. The van der Waals surface area contributed by atoms with Crippen molar-refractivity contribution in [3.63, 3.8) is 0 Å². The quantitative estimate of drug-likeness (QED) is 0.426. The van der Waals surface area contributed by atoms with E-state index in [-0.39, 0.29) is 0 Å². The van der Waals surface area contributed by atoms with Gasteiger partial charge in [0.25, 0.3) is 0 Å². The molecule has 2 heterocycles. The zero-order valence-electron chi connectivity index (χ0n) is 17.3. The molecule has 0 saturated carbocycles. The number of benzene rings is 2. The van der Waals surface area contributed by atoms with E-state index in [1.54, 1.807) is 29.8 Å². The zero-order valence-corrected chi connectivity index (χ0v) is 18.1. The van der Waals surface area contributed by atoms with Crippen molar-refractivity contribution in [2.24, 2.45) is 0 Å². The van der Waals surface area contributed by atoms with Gasteiger partial charge in [-0.2, -0.15) is 0 Å². The molecule has 154 valence electrons. The molecule has 1 atom stereocenters. The number of hydrogen-bond acceptors (Lipinski definition) is 6. The second-order valence-corrected chi connectivity index (χ2v) is 8.52. The molecule has 0 bridgehead atoms. The van der Waals surface area contributed by atoms with Crippen LogP contribution >= 0.6 is 11.3 Å². The summed E-state index contributed by atoms with van der Waals surface area (Å²) in [5.74, 6) is 0.658. The maximum absolute atomic E-state index is 12.7. The lowest BCUT2D eigenvalue weighted by Crippen LogP contribution is -2.18. The average molecular weight is 422 g/mol. The summed E-state index contributed by atoms with van der Waals surface area (Å²) in [6.45, 7) is 1.74. The van der Waals surface area contributed by atoms with Crippen LogP contribution in [-0.4, -0.2) is 33.9 Å². The summed E-state index contributed by atoms with van der Waals surface area (Å²) in [4.78, 5) is 16.7. The van der Waals surface area contributed by atoms with E-state index in [0.29, 0.717) is 17.4 Å². The Labute approximate surface area is 179 Å². The first-order valence-corrected chi connectivity index (χ1v) is 10.6. The summed E-state index contributed by atoms with van der Waals surface area (Å²) in [7, 11) is 4.18. The summed E-state index contributed by atoms with van der Waals surface area (Å²) in [6.07, 6.45) is 2.30. The largest absolute Gasteiger partial charge is 0.338 e. The summed E-state index contributed by atoms with van der Waals surface area (Å²) >= 11 is 1.59. The molecule has 4 aromatic rings. The third kappa shape index (κ3) is 4.32. The van der Waals surface area contributed by atoms with Gasteiger partial charge in [-0.05, 0) is 49.8 Å². The van der Waals surface area contributed by atoms with Crippen LogP contribution in [0.4, 0.5) is 15.9 Å². The smallest absolute Gasteiger partial charge is 0.161 e. The highest BCUT2D eigenvalue weighted by Gasteiger charge is 2.16. The lowest BCUT2D eigenvalue weighted by atomic mass is 9.99. The first-order chi connectivity index (χ1) is 14.5. The standard InChI is InChI=1S/C23H24FN5S/c1-15(29(2)3)19-7-5-4-6-17(19)12-20-28-21-22(25-14-26-23(21)30-20)27-18-10-8-16(13-24)9-11-18/h4-11,14-15H,12-13H2,1-3H3,(H,25,26,27). The molecule has 4 rings (SSSR count). The van der Waals surface area contributed by atoms with Gasteiger partial charge in [-0.25, -0.2) is 19.3 Å². The van der Waals surface area contributed by atoms with Crippen LogP contribution in [-0.2, 0) is 13.1 Å². The Balaban J connectivity index is 1.63. The van der Waals surface area contributed by atoms with Gasteiger partial charge >= 0.3 is 0 Å². The third-order valence-electron chi connectivity index (χ3n) is 5.23. The number of rotatable bonds is 7. The van der Waals surface area contributed by atoms with Gasteiger partial charge < -0.3 is 10.2 Å². The van der Waals surface area contributed by atoms with Crippen molar-refractivity contribution < 1.29 is 4.39 Å². The topological polar surface area (TPSA) is 53.9 Å². The fourth-order valence-electron chi connectivity index (χ4n) is 3.32. The van der Waals surface area contributed by atoms with Crippen LogP contribution in [0.3, 0.4) is 0 Å². The predicted molar refractivity (Wildman–Crippen MR) is 121 cm³/mol. The van der Waals surface area contributed by atoms with Crippen LogP contribution in [0.25, 0.3) is 10.3 Å². The molecule has 0 spiro atoms. The van der Waals surface area contributed by atoms with E-state index in [2.05, 4.69) is 65.5 Å². The molecule has 30 heavy (non-hydrogen) atoms. The minimum Gasteiger partial charge on any atom is -0.338 e. The Hall–Kier alpha value is -2.90. The third-order valence-corrected chi connectivity index (χ3v) is 6.20. The molecule has 7 heteroatoms. The second kappa shape index (κ2) is 8.85. The van der Waals surface area contributed by atoms with E-state index in [1.807, 2.05) is 12.1 Å². The number of anilines is 2. The van der Waals surface area contributed by atoms with Gasteiger partial charge in [0.1, 0.15) is 23.3 Å². The van der Waals surface area contributed by atoms with Crippen molar-refractivity contribution in [3.05, 3.63) is 76.6 Å². The number of alkyl halides is 1. The van der Waals surface area contributed by atoms with Crippen molar-refractivity contribution in [1.82, 2.24) is 19.9 Å². The molecule has 0 radical (unpaired) electrons. The van der Waals surface area contributed by atoms with Gasteiger partial charge in [-0.15, -0.1) is 0 Å². The Morgan fingerprint density at radius 3 is 2.57 bits per heavy atom. The van der Waals surface area contributed by atoms with Crippen LogP contribution in [0.1, 0.15) is 34.7 Å². The molecule has 0 aliphatic rings. The molecule has 0 aliphatic carbocycles. The molecule has 0 amide bonds. The van der Waals surface area contributed by atoms with Crippen molar-refractivity contribution in [2.75, 3.05) is 19.4 Å². The highest BCUT2D eigenvalue weighted by atomic mass is 32.1. The molecule has 5 nitrogen and oxygen atoms in total. The normalized spacial score (nSPS) is 12.4. The maximum atomic E-state index is 12.7. The SMILES string of the molecule is CC(c1ccccc1Cc1nc2c(Nc3ccc(CF)cc3)ncnc2s1)N(C)C. The van der Waals surface area contributed by atoms with E-state index < -0.39 is 6.67 Å². The second-order valence-electron chi connectivity index (χ2n) is 7.45. The Morgan fingerprint density at radius 2 is 1.83 bits per heavy atom.